The van der Waals surface area contributed by atoms with Crippen LogP contribution in [0.1, 0.15) is 5.56 Å². The van der Waals surface area contributed by atoms with Crippen LogP contribution in [-0.2, 0) is 6.54 Å². The van der Waals surface area contributed by atoms with Gasteiger partial charge in [0.15, 0.2) is 0 Å². The molecule has 1 heterocycles. The van der Waals surface area contributed by atoms with Gasteiger partial charge in [-0.05, 0) is 57.2 Å². The van der Waals surface area contributed by atoms with Crippen molar-refractivity contribution >= 4 is 48.5 Å². The van der Waals surface area contributed by atoms with Gasteiger partial charge in [0.05, 0.1) is 0 Å². The SMILES string of the molecule is Brc1ccc(Br)c(NCc2ccc3cc[nH]c3c2)c1. The first kappa shape index (κ1) is 12.8. The summed E-state index contributed by atoms with van der Waals surface area (Å²) < 4.78 is 2.13. The third-order valence-corrected chi connectivity index (χ3v) is 4.22. The van der Waals surface area contributed by atoms with Crippen molar-refractivity contribution in [2.75, 3.05) is 5.32 Å². The Labute approximate surface area is 128 Å². The predicted molar refractivity (Wildman–Crippen MR) is 87.5 cm³/mol. The van der Waals surface area contributed by atoms with Crippen molar-refractivity contribution in [3.63, 3.8) is 0 Å². The number of benzene rings is 2. The molecule has 0 fully saturated rings. The summed E-state index contributed by atoms with van der Waals surface area (Å²) in [7, 11) is 0. The average Bonchev–Trinajstić information content (AvgIpc) is 2.87. The molecule has 0 aliphatic rings. The van der Waals surface area contributed by atoms with E-state index in [1.807, 2.05) is 18.3 Å². The normalized spacial score (nSPS) is 10.8. The van der Waals surface area contributed by atoms with E-state index in [1.165, 1.54) is 16.5 Å². The summed E-state index contributed by atoms with van der Waals surface area (Å²) in [5, 5.41) is 4.68. The second kappa shape index (κ2) is 5.39. The molecule has 0 saturated carbocycles. The quantitative estimate of drug-likeness (QED) is 0.634. The minimum Gasteiger partial charge on any atom is -0.380 e. The molecule has 0 spiro atoms. The zero-order chi connectivity index (χ0) is 13.2. The van der Waals surface area contributed by atoms with Gasteiger partial charge in [-0.25, -0.2) is 0 Å². The number of H-pyrrole nitrogens is 1. The molecule has 0 atom stereocenters. The number of hydrogen-bond donors (Lipinski definition) is 2. The Balaban J connectivity index is 1.79. The Bertz CT molecular complexity index is 719. The van der Waals surface area contributed by atoms with Gasteiger partial charge in [0.1, 0.15) is 0 Å². The number of nitrogens with one attached hydrogen (secondary N) is 2. The lowest BCUT2D eigenvalue weighted by atomic mass is 10.1. The van der Waals surface area contributed by atoms with Gasteiger partial charge in [0, 0.05) is 32.9 Å². The molecule has 4 heteroatoms. The predicted octanol–water partition coefficient (Wildman–Crippen LogP) is 5.31. The van der Waals surface area contributed by atoms with Crippen LogP contribution in [0.2, 0.25) is 0 Å². The van der Waals surface area contributed by atoms with Crippen LogP contribution in [0.3, 0.4) is 0 Å². The lowest BCUT2D eigenvalue weighted by Gasteiger charge is -2.09. The van der Waals surface area contributed by atoms with E-state index in [0.717, 1.165) is 21.2 Å². The molecule has 0 radical (unpaired) electrons. The van der Waals surface area contributed by atoms with Crippen molar-refractivity contribution in [2.24, 2.45) is 0 Å². The summed E-state index contributed by atoms with van der Waals surface area (Å²) >= 11 is 7.03. The first-order valence-corrected chi connectivity index (χ1v) is 7.56. The molecule has 0 aliphatic heterocycles. The number of hydrogen-bond acceptors (Lipinski definition) is 1. The average molecular weight is 380 g/mol. The highest BCUT2D eigenvalue weighted by Crippen LogP contribution is 2.26. The standard InChI is InChI=1S/C15H12Br2N2/c16-12-3-4-13(17)15(8-12)19-9-10-1-2-11-5-6-18-14(11)7-10/h1-8,18-19H,9H2. The van der Waals surface area contributed by atoms with Crippen LogP contribution >= 0.6 is 31.9 Å². The van der Waals surface area contributed by atoms with E-state index in [-0.39, 0.29) is 0 Å². The highest BCUT2D eigenvalue weighted by atomic mass is 79.9. The number of anilines is 1. The van der Waals surface area contributed by atoms with Crippen LogP contribution in [0.15, 0.2) is 57.6 Å². The monoisotopic (exact) mass is 378 g/mol. The number of aromatic nitrogens is 1. The fourth-order valence-electron chi connectivity index (χ4n) is 2.04. The summed E-state index contributed by atoms with van der Waals surface area (Å²) in [6.07, 6.45) is 1.97. The Morgan fingerprint density at radius 1 is 1.00 bits per heavy atom. The fourth-order valence-corrected chi connectivity index (χ4v) is 2.78. The summed E-state index contributed by atoms with van der Waals surface area (Å²) in [6, 6.07) is 14.7. The first-order valence-electron chi connectivity index (χ1n) is 5.97. The maximum atomic E-state index is 3.55. The van der Waals surface area contributed by atoms with Crippen LogP contribution in [0.4, 0.5) is 5.69 Å². The molecular formula is C15H12Br2N2. The largest absolute Gasteiger partial charge is 0.380 e. The maximum Gasteiger partial charge on any atom is 0.0498 e. The lowest BCUT2D eigenvalue weighted by molar-refractivity contribution is 1.15. The molecule has 19 heavy (non-hydrogen) atoms. The molecule has 96 valence electrons. The topological polar surface area (TPSA) is 27.8 Å². The summed E-state index contributed by atoms with van der Waals surface area (Å²) in [5.74, 6) is 0. The van der Waals surface area contributed by atoms with Crippen LogP contribution in [-0.4, -0.2) is 4.98 Å². The Kier molecular flexibility index (Phi) is 3.62. The third kappa shape index (κ3) is 2.85. The van der Waals surface area contributed by atoms with E-state index in [1.54, 1.807) is 0 Å². The molecule has 0 bridgehead atoms. The van der Waals surface area contributed by atoms with E-state index in [0.29, 0.717) is 0 Å². The minimum atomic E-state index is 0.796. The molecule has 2 aromatic carbocycles. The zero-order valence-corrected chi connectivity index (χ0v) is 13.3. The number of aromatic amines is 1. The molecule has 0 aliphatic carbocycles. The van der Waals surface area contributed by atoms with E-state index in [2.05, 4.69) is 72.5 Å². The van der Waals surface area contributed by atoms with Gasteiger partial charge < -0.3 is 10.3 Å². The molecule has 2 nitrogen and oxygen atoms in total. The van der Waals surface area contributed by atoms with Crippen LogP contribution in [0.5, 0.6) is 0 Å². The number of rotatable bonds is 3. The van der Waals surface area contributed by atoms with Gasteiger partial charge in [0.25, 0.3) is 0 Å². The highest BCUT2D eigenvalue weighted by Gasteiger charge is 2.01. The van der Waals surface area contributed by atoms with Gasteiger partial charge in [-0.3, -0.25) is 0 Å². The summed E-state index contributed by atoms with van der Waals surface area (Å²) in [4.78, 5) is 3.23. The van der Waals surface area contributed by atoms with Crippen molar-refractivity contribution in [2.45, 2.75) is 6.54 Å². The Hall–Kier alpha value is -1.26. The van der Waals surface area contributed by atoms with Gasteiger partial charge in [-0.1, -0.05) is 28.1 Å². The minimum absolute atomic E-state index is 0.796. The molecular weight excluding hydrogens is 368 g/mol. The number of halogens is 2. The molecule has 2 N–H and O–H groups in total. The van der Waals surface area contributed by atoms with Gasteiger partial charge in [0.2, 0.25) is 0 Å². The van der Waals surface area contributed by atoms with E-state index >= 15 is 0 Å². The van der Waals surface area contributed by atoms with Crippen molar-refractivity contribution < 1.29 is 0 Å². The number of fused-ring (bicyclic) bond motifs is 1. The third-order valence-electron chi connectivity index (χ3n) is 3.03. The molecule has 0 amide bonds. The van der Waals surface area contributed by atoms with Crippen LogP contribution in [0.25, 0.3) is 10.9 Å². The highest BCUT2D eigenvalue weighted by molar-refractivity contribution is 9.11. The van der Waals surface area contributed by atoms with Crippen LogP contribution in [0, 0.1) is 0 Å². The van der Waals surface area contributed by atoms with E-state index < -0.39 is 0 Å². The molecule has 3 rings (SSSR count). The van der Waals surface area contributed by atoms with Crippen molar-refractivity contribution in [1.82, 2.24) is 4.98 Å². The van der Waals surface area contributed by atoms with Gasteiger partial charge in [-0.15, -0.1) is 0 Å². The zero-order valence-electron chi connectivity index (χ0n) is 10.1. The van der Waals surface area contributed by atoms with E-state index in [9.17, 15) is 0 Å². The van der Waals surface area contributed by atoms with Crippen molar-refractivity contribution in [1.29, 1.82) is 0 Å². The van der Waals surface area contributed by atoms with Crippen molar-refractivity contribution in [3.8, 4) is 0 Å². The Morgan fingerprint density at radius 3 is 2.79 bits per heavy atom. The Morgan fingerprint density at radius 2 is 1.89 bits per heavy atom. The fraction of sp³-hybridized carbons (Fsp3) is 0.0667. The second-order valence-electron chi connectivity index (χ2n) is 4.38. The van der Waals surface area contributed by atoms with Gasteiger partial charge >= 0.3 is 0 Å². The van der Waals surface area contributed by atoms with E-state index in [4.69, 9.17) is 0 Å². The van der Waals surface area contributed by atoms with Crippen LogP contribution < -0.4 is 5.32 Å². The molecule has 1 aromatic heterocycles. The van der Waals surface area contributed by atoms with Crippen molar-refractivity contribution in [3.05, 3.63) is 63.2 Å². The smallest absolute Gasteiger partial charge is 0.0498 e. The maximum absolute atomic E-state index is 3.55. The molecule has 0 unspecified atom stereocenters. The molecule has 0 saturated heterocycles. The lowest BCUT2D eigenvalue weighted by Crippen LogP contribution is -1.99. The molecule has 3 aromatic rings. The summed E-state index contributed by atoms with van der Waals surface area (Å²) in [6.45, 7) is 0.796. The second-order valence-corrected chi connectivity index (χ2v) is 6.15. The van der Waals surface area contributed by atoms with Gasteiger partial charge in [-0.2, -0.15) is 0 Å². The first-order chi connectivity index (χ1) is 9.22. The summed E-state index contributed by atoms with van der Waals surface area (Å²) in [5.41, 5.74) is 3.51.